The van der Waals surface area contributed by atoms with Crippen molar-refractivity contribution in [2.75, 3.05) is 22.5 Å². The van der Waals surface area contributed by atoms with E-state index in [4.69, 9.17) is 16.3 Å². The van der Waals surface area contributed by atoms with Crippen LogP contribution in [0.25, 0.3) is 0 Å². The molecule has 3 aromatic rings. The molecule has 0 aromatic heterocycles. The number of hydrogen-bond donors (Lipinski definition) is 1. The lowest BCUT2D eigenvalue weighted by molar-refractivity contribution is 0.0526. The van der Waals surface area contributed by atoms with Gasteiger partial charge in [0.15, 0.2) is 0 Å². The van der Waals surface area contributed by atoms with Gasteiger partial charge in [-0.3, -0.25) is 9.10 Å². The Morgan fingerprint density at radius 3 is 2.26 bits per heavy atom. The van der Waals surface area contributed by atoms with Crippen LogP contribution in [0.5, 0.6) is 0 Å². The maximum atomic E-state index is 12.7. The Balaban J connectivity index is 1.73. The summed E-state index contributed by atoms with van der Waals surface area (Å²) in [5.41, 5.74) is 3.28. The fourth-order valence-electron chi connectivity index (χ4n) is 3.30. The van der Waals surface area contributed by atoms with Gasteiger partial charge in [0.2, 0.25) is 10.0 Å². The molecule has 0 fully saturated rings. The number of benzene rings is 3. The highest BCUT2D eigenvalue weighted by atomic mass is 35.5. The third kappa shape index (κ3) is 6.36. The number of amides is 1. The van der Waals surface area contributed by atoms with Gasteiger partial charge >= 0.3 is 5.97 Å². The second-order valence-electron chi connectivity index (χ2n) is 7.65. The van der Waals surface area contributed by atoms with Crippen LogP contribution in [0.1, 0.15) is 38.8 Å². The first-order valence-electron chi connectivity index (χ1n) is 10.5. The molecule has 0 aliphatic carbocycles. The second kappa shape index (κ2) is 10.7. The number of carbonyl (C=O) groups is 2. The van der Waals surface area contributed by atoms with Crippen LogP contribution >= 0.6 is 11.6 Å². The average molecular weight is 501 g/mol. The Morgan fingerprint density at radius 1 is 1.00 bits per heavy atom. The van der Waals surface area contributed by atoms with Crippen LogP contribution in [0.4, 0.5) is 11.4 Å². The van der Waals surface area contributed by atoms with E-state index >= 15 is 0 Å². The van der Waals surface area contributed by atoms with Crippen molar-refractivity contribution in [1.82, 2.24) is 0 Å². The summed E-state index contributed by atoms with van der Waals surface area (Å²) in [6, 6.07) is 18.2. The summed E-state index contributed by atoms with van der Waals surface area (Å²) in [6.45, 7) is 3.90. The number of nitrogens with zero attached hydrogens (tertiary/aromatic N) is 1. The minimum atomic E-state index is -3.56. The van der Waals surface area contributed by atoms with Crippen molar-refractivity contribution in [2.24, 2.45) is 0 Å². The quantitative estimate of drug-likeness (QED) is 0.437. The molecular weight excluding hydrogens is 476 g/mol. The molecule has 7 nitrogen and oxygen atoms in total. The molecule has 1 amide bonds. The number of esters is 1. The van der Waals surface area contributed by atoms with Gasteiger partial charge in [0.25, 0.3) is 5.91 Å². The molecule has 34 heavy (non-hydrogen) atoms. The van der Waals surface area contributed by atoms with Crippen molar-refractivity contribution in [2.45, 2.75) is 20.4 Å². The van der Waals surface area contributed by atoms with Gasteiger partial charge in [-0.2, -0.15) is 0 Å². The third-order valence-electron chi connectivity index (χ3n) is 5.02. The third-order valence-corrected chi connectivity index (χ3v) is 6.40. The molecule has 0 saturated heterocycles. The van der Waals surface area contributed by atoms with Gasteiger partial charge in [-0.05, 0) is 73.5 Å². The summed E-state index contributed by atoms with van der Waals surface area (Å²) in [6.07, 6.45) is 1.13. The molecule has 0 unspecified atom stereocenters. The number of anilines is 2. The van der Waals surface area contributed by atoms with Crippen LogP contribution in [0.2, 0.25) is 5.02 Å². The van der Waals surface area contributed by atoms with E-state index < -0.39 is 16.0 Å². The van der Waals surface area contributed by atoms with Gasteiger partial charge in [-0.1, -0.05) is 29.8 Å². The Bertz CT molecular complexity index is 1310. The number of aryl methyl sites for hydroxylation is 1. The number of ether oxygens (including phenoxy) is 1. The van der Waals surface area contributed by atoms with Crippen molar-refractivity contribution in [3.05, 3.63) is 94.0 Å². The number of nitrogens with one attached hydrogen (secondary N) is 1. The molecule has 0 bridgehead atoms. The van der Waals surface area contributed by atoms with Gasteiger partial charge < -0.3 is 10.1 Å². The van der Waals surface area contributed by atoms with Crippen LogP contribution in [0.3, 0.4) is 0 Å². The van der Waals surface area contributed by atoms with Crippen molar-refractivity contribution >= 4 is 44.9 Å². The number of hydrogen-bond acceptors (Lipinski definition) is 5. The van der Waals surface area contributed by atoms with E-state index in [-0.39, 0.29) is 19.1 Å². The molecule has 0 saturated carbocycles. The Hall–Kier alpha value is -3.36. The lowest BCUT2D eigenvalue weighted by Crippen LogP contribution is -2.29. The summed E-state index contributed by atoms with van der Waals surface area (Å²) in [5, 5.41) is 3.26. The van der Waals surface area contributed by atoms with E-state index in [2.05, 4.69) is 5.32 Å². The predicted molar refractivity (Wildman–Crippen MR) is 134 cm³/mol. The summed E-state index contributed by atoms with van der Waals surface area (Å²) >= 11 is 6.02. The largest absolute Gasteiger partial charge is 0.462 e. The first-order valence-corrected chi connectivity index (χ1v) is 12.7. The minimum Gasteiger partial charge on any atom is -0.462 e. The van der Waals surface area contributed by atoms with Crippen molar-refractivity contribution in [3.8, 4) is 0 Å². The zero-order chi connectivity index (χ0) is 24.9. The van der Waals surface area contributed by atoms with Gasteiger partial charge in [-0.25, -0.2) is 13.2 Å². The topological polar surface area (TPSA) is 92.8 Å². The van der Waals surface area contributed by atoms with Gasteiger partial charge in [0.1, 0.15) is 0 Å². The monoisotopic (exact) mass is 500 g/mol. The van der Waals surface area contributed by atoms with Crippen LogP contribution in [-0.2, 0) is 21.3 Å². The molecular formula is C25H25ClN2O5S. The van der Waals surface area contributed by atoms with E-state index in [9.17, 15) is 18.0 Å². The Kier molecular flexibility index (Phi) is 7.96. The number of halogens is 1. The lowest BCUT2D eigenvalue weighted by Gasteiger charge is -2.22. The van der Waals surface area contributed by atoms with E-state index in [1.165, 1.54) is 4.31 Å². The van der Waals surface area contributed by atoms with Gasteiger partial charge in [-0.15, -0.1) is 0 Å². The summed E-state index contributed by atoms with van der Waals surface area (Å²) in [5.74, 6) is -0.742. The van der Waals surface area contributed by atoms with Crippen molar-refractivity contribution in [1.29, 1.82) is 0 Å². The fraction of sp³-hybridized carbons (Fsp3) is 0.200. The van der Waals surface area contributed by atoms with E-state index in [1.54, 1.807) is 80.6 Å². The molecule has 0 aliphatic heterocycles. The number of rotatable bonds is 8. The summed E-state index contributed by atoms with van der Waals surface area (Å²) < 4.78 is 30.9. The summed E-state index contributed by atoms with van der Waals surface area (Å²) in [4.78, 5) is 24.6. The van der Waals surface area contributed by atoms with E-state index in [1.807, 2.05) is 0 Å². The van der Waals surface area contributed by atoms with Crippen LogP contribution in [0.15, 0.2) is 66.7 Å². The SMILES string of the molecule is CCOC(=O)c1ccc(NC(=O)c2ccc(CN(c3cccc(Cl)c3)S(C)(=O)=O)cc2)c(C)c1. The highest BCUT2D eigenvalue weighted by molar-refractivity contribution is 7.92. The number of carbonyl (C=O) groups excluding carboxylic acids is 2. The Morgan fingerprint density at radius 2 is 1.68 bits per heavy atom. The number of sulfonamides is 1. The van der Waals surface area contributed by atoms with Crippen molar-refractivity contribution < 1.29 is 22.7 Å². The summed E-state index contributed by atoms with van der Waals surface area (Å²) in [7, 11) is -3.56. The molecule has 3 rings (SSSR count). The minimum absolute atomic E-state index is 0.0928. The van der Waals surface area contributed by atoms with Crippen molar-refractivity contribution in [3.63, 3.8) is 0 Å². The lowest BCUT2D eigenvalue weighted by atomic mass is 10.1. The zero-order valence-electron chi connectivity index (χ0n) is 19.0. The maximum Gasteiger partial charge on any atom is 0.338 e. The smallest absolute Gasteiger partial charge is 0.338 e. The molecule has 1 N–H and O–H groups in total. The second-order valence-corrected chi connectivity index (χ2v) is 9.99. The zero-order valence-corrected chi connectivity index (χ0v) is 20.6. The van der Waals surface area contributed by atoms with E-state index in [0.29, 0.717) is 33.1 Å². The molecule has 0 atom stereocenters. The first kappa shape index (κ1) is 25.3. The molecule has 0 radical (unpaired) electrons. The molecule has 3 aromatic carbocycles. The molecule has 178 valence electrons. The molecule has 0 spiro atoms. The average Bonchev–Trinajstić information content (AvgIpc) is 2.78. The van der Waals surface area contributed by atoms with Gasteiger partial charge in [0.05, 0.1) is 30.7 Å². The van der Waals surface area contributed by atoms with E-state index in [0.717, 1.165) is 11.8 Å². The highest BCUT2D eigenvalue weighted by Gasteiger charge is 2.19. The van der Waals surface area contributed by atoms with Gasteiger partial charge in [0, 0.05) is 16.3 Å². The highest BCUT2D eigenvalue weighted by Crippen LogP contribution is 2.24. The normalized spacial score (nSPS) is 11.1. The molecule has 0 heterocycles. The van der Waals surface area contributed by atoms with Crippen LogP contribution in [0, 0.1) is 6.92 Å². The van der Waals surface area contributed by atoms with Crippen LogP contribution < -0.4 is 9.62 Å². The molecule has 0 aliphatic rings. The predicted octanol–water partition coefficient (Wildman–Crippen LogP) is 5.04. The maximum absolute atomic E-state index is 12.7. The fourth-order valence-corrected chi connectivity index (χ4v) is 4.36. The Labute approximate surface area is 204 Å². The first-order chi connectivity index (χ1) is 16.1. The van der Waals surface area contributed by atoms with Crippen LogP contribution in [-0.4, -0.2) is 33.2 Å². The standard InChI is InChI=1S/C25H25ClN2O5S/c1-4-33-25(30)20-12-13-23(17(2)14-20)27-24(29)19-10-8-18(9-11-19)16-28(34(3,31)32)22-7-5-6-21(26)15-22/h5-15H,4,16H2,1-3H3,(H,27,29). The molecule has 9 heteroatoms.